The molecule has 22 heteroatoms. The van der Waals surface area contributed by atoms with Crippen molar-refractivity contribution in [2.24, 2.45) is 23.7 Å². The molecule has 4 unspecified atom stereocenters. The second-order valence-corrected chi connectivity index (χ2v) is 63.6. The Labute approximate surface area is 762 Å². The van der Waals surface area contributed by atoms with E-state index in [-0.39, 0.29) is 16.4 Å². The molecule has 2 aromatic carbocycles. The number of carbonyl (C=O) groups excluding carboxylic acids is 2. The Kier molecular flexibility index (Phi) is 33.7. The molecule has 0 fully saturated rings. The fourth-order valence-corrected chi connectivity index (χ4v) is 37.4. The molecule has 621 valence electrons. The van der Waals surface area contributed by atoms with Gasteiger partial charge in [-0.3, -0.25) is 0 Å². The van der Waals surface area contributed by atoms with Crippen molar-refractivity contribution in [3.63, 3.8) is 0 Å². The van der Waals surface area contributed by atoms with Crippen molar-refractivity contribution in [3.05, 3.63) is 136 Å². The zero-order valence-electron chi connectivity index (χ0n) is 72.3. The monoisotopic (exact) mass is 2020 g/mol. The van der Waals surface area contributed by atoms with Crippen LogP contribution < -0.4 is 2.89 Å². The summed E-state index contributed by atoms with van der Waals surface area (Å²) in [6.45, 7) is 29.7. The van der Waals surface area contributed by atoms with E-state index in [4.69, 9.17) is 12.1 Å². The van der Waals surface area contributed by atoms with E-state index in [1.165, 1.54) is 240 Å². The van der Waals surface area contributed by atoms with E-state index < -0.39 is 41.9 Å². The van der Waals surface area contributed by atoms with Crippen LogP contribution in [0.5, 0.6) is 0 Å². The summed E-state index contributed by atoms with van der Waals surface area (Å²) in [7, 11) is 0.500. The van der Waals surface area contributed by atoms with Gasteiger partial charge in [0.15, 0.2) is 11.6 Å². The van der Waals surface area contributed by atoms with E-state index in [9.17, 15) is 14.0 Å². The van der Waals surface area contributed by atoms with Crippen molar-refractivity contribution in [3.8, 4) is 51.5 Å². The Morgan fingerprint density at radius 1 is 0.431 bits per heavy atom. The Morgan fingerprint density at radius 2 is 0.784 bits per heavy atom. The molecule has 116 heavy (non-hydrogen) atoms. The molecule has 4 atom stereocenters. The number of benzene rings is 2. The summed E-state index contributed by atoms with van der Waals surface area (Å²) < 4.78 is 62.7. The predicted octanol–water partition coefficient (Wildman–Crippen LogP) is 35.6. The van der Waals surface area contributed by atoms with Crippen LogP contribution in [0.1, 0.15) is 238 Å². The van der Waals surface area contributed by atoms with Gasteiger partial charge in [-0.05, 0) is 122 Å². The molecule has 0 aliphatic carbocycles. The first-order valence-electron chi connectivity index (χ1n) is 43.0. The van der Waals surface area contributed by atoms with Crippen molar-refractivity contribution in [1.29, 1.82) is 2.67 Å². The minimum atomic E-state index is -2.29. The van der Waals surface area contributed by atoms with Crippen molar-refractivity contribution >= 4 is 270 Å². The average molecular weight is 2020 g/mol. The third kappa shape index (κ3) is 21.3. The van der Waals surface area contributed by atoms with E-state index in [2.05, 4.69) is 223 Å². The van der Waals surface area contributed by atoms with Gasteiger partial charge in [-0.1, -0.05) is 107 Å². The Hall–Kier alpha value is -2.98. The molecule has 14 aromatic rings. The van der Waals surface area contributed by atoms with Crippen LogP contribution in [-0.2, 0) is 35.2 Å². The van der Waals surface area contributed by atoms with Crippen LogP contribution in [0.3, 0.4) is 0 Å². The first-order valence-corrected chi connectivity index (χ1v) is 63.3. The van der Waals surface area contributed by atoms with Gasteiger partial charge in [0.05, 0.1) is 48.8 Å². The van der Waals surface area contributed by atoms with Gasteiger partial charge in [-0.15, -0.1) is 90.7 Å². The summed E-state index contributed by atoms with van der Waals surface area (Å²) in [4.78, 5) is 49.9. The minimum absolute atomic E-state index is 0.0395. The summed E-state index contributed by atoms with van der Waals surface area (Å²) in [5.74, 6) is 0.946. The fourth-order valence-electron chi connectivity index (χ4n) is 15.6. The maximum atomic E-state index is 16.4. The minimum Gasteiger partial charge on any atom is -0.461 e. The summed E-state index contributed by atoms with van der Waals surface area (Å²) in [6.07, 6.45) is 26.8. The number of fused-ring (bicyclic) bond motifs is 6. The number of carbonyl (C=O) groups is 2. The number of hydrogen-bond donors (Lipinski definition) is 0. The van der Waals surface area contributed by atoms with Gasteiger partial charge in [0.25, 0.3) is 0 Å². The number of thiophene rings is 12. The molecule has 0 saturated heterocycles. The van der Waals surface area contributed by atoms with Gasteiger partial charge in [-0.2, -0.15) is 0 Å². The van der Waals surface area contributed by atoms with Crippen LogP contribution in [0.2, 0.25) is 14.8 Å². The first-order chi connectivity index (χ1) is 56.8. The topological polar surface area (TPSA) is 52.6 Å². The number of hydrogen-bond acceptors (Lipinski definition) is 16. The van der Waals surface area contributed by atoms with Gasteiger partial charge in [-0.25, -0.2) is 18.4 Å². The van der Waals surface area contributed by atoms with Crippen molar-refractivity contribution < 1.29 is 27.8 Å². The molecule has 0 aliphatic rings. The smallest absolute Gasteiger partial charge is 0.351 e. The van der Waals surface area contributed by atoms with Gasteiger partial charge in [0, 0.05) is 70.8 Å². The van der Waals surface area contributed by atoms with Crippen molar-refractivity contribution in [1.82, 2.24) is 0 Å². The quantitative estimate of drug-likeness (QED) is 0.0290. The molecule has 1 radical (unpaired) electrons. The van der Waals surface area contributed by atoms with E-state index in [0.717, 1.165) is 70.3 Å². The predicted molar refractivity (Wildman–Crippen MR) is 536 cm³/mol. The molecule has 0 aliphatic heterocycles. The normalized spacial score (nSPS) is 13.1. The van der Waals surface area contributed by atoms with E-state index in [1.807, 2.05) is 66.1 Å². The molecule has 0 spiro atoms. The average Bonchev–Trinajstić information content (AvgIpc) is 1.56. The van der Waals surface area contributed by atoms with Crippen LogP contribution in [-0.4, -0.2) is 54.5 Å². The van der Waals surface area contributed by atoms with E-state index >= 15 is 4.39 Å². The molecule has 14 rings (SSSR count). The van der Waals surface area contributed by atoms with Crippen LogP contribution in [0.4, 0.5) is 8.78 Å². The second kappa shape index (κ2) is 43.1. The number of aryl methyl sites for hydroxylation is 3. The van der Waals surface area contributed by atoms with Crippen LogP contribution >= 0.6 is 168 Å². The molecule has 0 amide bonds. The number of unbranched alkanes of at least 4 members (excludes halogenated alkanes) is 4. The van der Waals surface area contributed by atoms with Gasteiger partial charge in [0.2, 0.25) is 0 Å². The Bertz CT molecular complexity index is 5440. The molecular formula is C94H114BBr2F2O4S12Sn. The fraction of sp³-hybridized carbons (Fsp3) is 0.468. The number of halogens is 4. The first kappa shape index (κ1) is 90.7. The molecule has 12 aromatic heterocycles. The van der Waals surface area contributed by atoms with Gasteiger partial charge < -0.3 is 9.47 Å². The van der Waals surface area contributed by atoms with E-state index in [1.54, 1.807) is 35.3 Å². The van der Waals surface area contributed by atoms with Crippen molar-refractivity contribution in [2.75, 3.05) is 13.2 Å². The van der Waals surface area contributed by atoms with Crippen molar-refractivity contribution in [2.45, 2.75) is 246 Å². The Balaban J connectivity index is 0.000000191. The maximum absolute atomic E-state index is 16.4. The van der Waals surface area contributed by atoms with Crippen LogP contribution in [0.25, 0.3) is 112 Å². The summed E-state index contributed by atoms with van der Waals surface area (Å²) in [5.41, 5.74) is 5.66. The summed E-state index contributed by atoms with van der Waals surface area (Å²) in [6, 6.07) is 29.2. The third-order valence-corrected chi connectivity index (χ3v) is 47.3. The van der Waals surface area contributed by atoms with Gasteiger partial charge in [0.1, 0.15) is 9.75 Å². The largest absolute Gasteiger partial charge is 0.461 e. The zero-order valence-corrected chi connectivity index (χ0v) is 86.2. The number of ether oxygens (including phenoxy) is 2. The molecule has 0 saturated carbocycles. The van der Waals surface area contributed by atoms with Crippen LogP contribution in [0, 0.1) is 56.1 Å². The second-order valence-electron chi connectivity index (χ2n) is 32.0. The number of esters is 2. The molecule has 12 heterocycles. The molecule has 0 bridgehead atoms. The molecular weight excluding hydrogens is 1910 g/mol. The molecule has 4 nitrogen and oxygen atoms in total. The van der Waals surface area contributed by atoms with Crippen LogP contribution in [0.15, 0.2) is 80.4 Å². The zero-order chi connectivity index (χ0) is 84.8. The molecule has 0 N–H and O–H groups in total. The summed E-state index contributed by atoms with van der Waals surface area (Å²) in [5, 5.41) is 6.60. The standard InChI is InChI=1S/C46H53FO2S6.C35H43S4.C10H7Br2FO2S2.3CH3.BH2.Sn/c1-8-13-15-28(11-4)23-30-17-19-34(52-30)37-32-22-26(6)50-42(32)38(35-20-18-31(53-35)24-29(12-5)16-14-9-2)33-25-36(54-43(33)37)44-39-40(47)45(46(48)49-21-10-3)55-41(39)27(7)51-44;1-6-10-12-24(8-3)21-26-14-16-30(38-26)32-28-18-19-36-34(28)33(29-20-23(5)37-35(29)32)31-17-15-27(39-31)22-25(9-4)13-11-7-2;1-2-3-15-10(14)7-5(13)4-6(16-7)9(12)17-8(4)11;;;;;/h17-20,22,25,28-29H,8-16,21,23-24H2,1-7H3;14-18,20,24-25H,6-13,21-22H2,1-5H3;2-3H2,1H3;3*1H3;1H2;/i;;;;;;1TD;. The van der Waals surface area contributed by atoms with E-state index in [0.29, 0.717) is 47.8 Å². The maximum Gasteiger partial charge on any atom is 0.351 e. The number of rotatable bonds is 36. The third-order valence-electron chi connectivity index (χ3n) is 22.2. The SMILES string of the molecule is CCCCC(CC)Cc1ccc(-c2c3c[c]([Sn]([CH3])([CH3])[CH3])sc3c(-c3ccc(CC(CC)CCCC)s3)c3cc(C)sc23)s1.CCCCC(CC)Cc1ccc(-c2c3cc(-c4sc(C)c5sc(C(=O)OCCC)c(F)c45)sc3c(-c3ccc(CC(CC)CCCC)s3)c3cc(C)sc23)s1.CCCOC(=O)c1sc2c(Br)sc(Br)c2c1F.[2H][B][3H]. The van der Waals surface area contributed by atoms with Gasteiger partial charge >= 0.3 is 282 Å². The Morgan fingerprint density at radius 3 is 1.15 bits per heavy atom. The summed E-state index contributed by atoms with van der Waals surface area (Å²) >= 11 is 25.6.